The Morgan fingerprint density at radius 2 is 1.76 bits per heavy atom. The van der Waals surface area contributed by atoms with E-state index < -0.39 is 0 Å². The monoisotopic (exact) mass is 279 g/mol. The fraction of sp³-hybridized carbons (Fsp3) is 0.400. The van der Waals surface area contributed by atoms with Crippen LogP contribution in [0.1, 0.15) is 37.5 Å². The molecule has 0 bridgehead atoms. The topological polar surface area (TPSA) is 12.0 Å². The van der Waals surface area contributed by atoms with Gasteiger partial charge >= 0.3 is 0 Å². The maximum atomic E-state index is 3.71. The summed E-state index contributed by atoms with van der Waals surface area (Å²) in [6, 6.07) is 17.5. The molecule has 0 fully saturated rings. The summed E-state index contributed by atoms with van der Waals surface area (Å²) in [7, 11) is 0. The molecule has 1 nitrogen and oxygen atoms in total. The van der Waals surface area contributed by atoms with Gasteiger partial charge in [0.2, 0.25) is 0 Å². The lowest BCUT2D eigenvalue weighted by molar-refractivity contribution is 0.247. The minimum atomic E-state index is 0.361. The van der Waals surface area contributed by atoms with Crippen LogP contribution >= 0.6 is 0 Å². The summed E-state index contributed by atoms with van der Waals surface area (Å²) in [4.78, 5) is 0. The third kappa shape index (κ3) is 3.12. The number of para-hydroxylation sites is 1. The Balaban J connectivity index is 1.86. The molecule has 1 N–H and O–H groups in total. The standard InChI is InChI=1S/C20H25N/c1-20(2,3)18-13-17-11-7-10-16(19(17)21-14-18)12-15-8-5-4-6-9-15/h4-11,18,21H,12-14H2,1-3H3. The predicted molar refractivity (Wildman–Crippen MR) is 90.8 cm³/mol. The van der Waals surface area contributed by atoms with Crippen molar-refractivity contribution in [3.63, 3.8) is 0 Å². The molecule has 0 spiro atoms. The zero-order valence-electron chi connectivity index (χ0n) is 13.3. The van der Waals surface area contributed by atoms with E-state index >= 15 is 0 Å². The van der Waals surface area contributed by atoms with Gasteiger partial charge in [-0.25, -0.2) is 0 Å². The minimum Gasteiger partial charge on any atom is -0.384 e. The van der Waals surface area contributed by atoms with Crippen molar-refractivity contribution >= 4 is 5.69 Å². The Morgan fingerprint density at radius 1 is 1.00 bits per heavy atom. The van der Waals surface area contributed by atoms with Crippen molar-refractivity contribution in [2.24, 2.45) is 11.3 Å². The average molecular weight is 279 g/mol. The first-order valence-corrected chi connectivity index (χ1v) is 7.92. The second-order valence-electron chi connectivity index (χ2n) is 7.26. The Morgan fingerprint density at radius 3 is 2.48 bits per heavy atom. The second kappa shape index (κ2) is 5.55. The first-order valence-electron chi connectivity index (χ1n) is 7.92. The van der Waals surface area contributed by atoms with E-state index in [1.54, 1.807) is 0 Å². The van der Waals surface area contributed by atoms with Gasteiger partial charge in [0.05, 0.1) is 0 Å². The van der Waals surface area contributed by atoms with E-state index in [4.69, 9.17) is 0 Å². The van der Waals surface area contributed by atoms with Crippen molar-refractivity contribution in [1.82, 2.24) is 0 Å². The van der Waals surface area contributed by atoms with Gasteiger partial charge in [-0.15, -0.1) is 0 Å². The normalized spacial score (nSPS) is 18.0. The van der Waals surface area contributed by atoms with Crippen molar-refractivity contribution in [3.05, 3.63) is 65.2 Å². The zero-order valence-corrected chi connectivity index (χ0v) is 13.3. The van der Waals surface area contributed by atoms with E-state index in [-0.39, 0.29) is 0 Å². The molecule has 1 aliphatic heterocycles. The molecule has 2 aromatic carbocycles. The summed E-state index contributed by atoms with van der Waals surface area (Å²) in [5.41, 5.74) is 6.02. The van der Waals surface area contributed by atoms with Gasteiger partial charge in [-0.05, 0) is 40.9 Å². The lowest BCUT2D eigenvalue weighted by atomic mass is 9.75. The minimum absolute atomic E-state index is 0.361. The van der Waals surface area contributed by atoms with E-state index in [1.807, 2.05) is 0 Å². The average Bonchev–Trinajstić information content (AvgIpc) is 2.47. The summed E-state index contributed by atoms with van der Waals surface area (Å²) in [6.45, 7) is 8.12. The summed E-state index contributed by atoms with van der Waals surface area (Å²) in [5.74, 6) is 0.706. The van der Waals surface area contributed by atoms with E-state index in [0.717, 1.165) is 13.0 Å². The quantitative estimate of drug-likeness (QED) is 0.823. The van der Waals surface area contributed by atoms with Gasteiger partial charge in [-0.3, -0.25) is 0 Å². The number of fused-ring (bicyclic) bond motifs is 1. The molecular weight excluding hydrogens is 254 g/mol. The van der Waals surface area contributed by atoms with Crippen molar-refractivity contribution < 1.29 is 0 Å². The van der Waals surface area contributed by atoms with Crippen LogP contribution in [0.3, 0.4) is 0 Å². The van der Waals surface area contributed by atoms with Gasteiger partial charge in [0.25, 0.3) is 0 Å². The molecule has 0 radical (unpaired) electrons. The van der Waals surface area contributed by atoms with Crippen molar-refractivity contribution in [2.75, 3.05) is 11.9 Å². The fourth-order valence-corrected chi connectivity index (χ4v) is 3.19. The van der Waals surface area contributed by atoms with Crippen LogP contribution in [-0.2, 0) is 12.8 Å². The maximum Gasteiger partial charge on any atom is 0.0408 e. The van der Waals surface area contributed by atoms with Gasteiger partial charge < -0.3 is 5.32 Å². The number of rotatable bonds is 2. The third-order valence-corrected chi connectivity index (χ3v) is 4.69. The van der Waals surface area contributed by atoms with Gasteiger partial charge in [-0.1, -0.05) is 69.3 Å². The fourth-order valence-electron chi connectivity index (χ4n) is 3.19. The largest absolute Gasteiger partial charge is 0.384 e. The van der Waals surface area contributed by atoms with E-state index in [2.05, 4.69) is 74.6 Å². The summed E-state index contributed by atoms with van der Waals surface area (Å²) in [5, 5.41) is 3.71. The molecule has 0 saturated heterocycles. The van der Waals surface area contributed by atoms with Crippen LogP contribution in [0.4, 0.5) is 5.69 Å². The molecule has 1 aliphatic rings. The smallest absolute Gasteiger partial charge is 0.0408 e. The van der Waals surface area contributed by atoms with Crippen LogP contribution < -0.4 is 5.32 Å². The van der Waals surface area contributed by atoms with Gasteiger partial charge in [0.1, 0.15) is 0 Å². The van der Waals surface area contributed by atoms with Crippen LogP contribution in [-0.4, -0.2) is 6.54 Å². The highest BCUT2D eigenvalue weighted by atomic mass is 14.9. The van der Waals surface area contributed by atoms with E-state index in [0.29, 0.717) is 11.3 Å². The third-order valence-electron chi connectivity index (χ3n) is 4.69. The highest BCUT2D eigenvalue weighted by Crippen LogP contribution is 2.36. The Hall–Kier alpha value is -1.76. The maximum absolute atomic E-state index is 3.71. The molecule has 1 atom stereocenters. The van der Waals surface area contributed by atoms with Crippen molar-refractivity contribution in [3.8, 4) is 0 Å². The molecule has 1 unspecified atom stereocenters. The molecule has 2 aromatic rings. The van der Waals surface area contributed by atoms with Crippen LogP contribution in [0.15, 0.2) is 48.5 Å². The number of hydrogen-bond donors (Lipinski definition) is 1. The highest BCUT2D eigenvalue weighted by Gasteiger charge is 2.29. The molecule has 21 heavy (non-hydrogen) atoms. The molecule has 0 amide bonds. The van der Waals surface area contributed by atoms with Crippen LogP contribution in [0.2, 0.25) is 0 Å². The van der Waals surface area contributed by atoms with E-state index in [9.17, 15) is 0 Å². The second-order valence-corrected chi connectivity index (χ2v) is 7.26. The summed E-state index contributed by atoms with van der Waals surface area (Å²) < 4.78 is 0. The molecule has 0 aliphatic carbocycles. The molecule has 1 heterocycles. The highest BCUT2D eigenvalue weighted by molar-refractivity contribution is 5.60. The lowest BCUT2D eigenvalue weighted by Gasteiger charge is -2.36. The first kappa shape index (κ1) is 14.2. The SMILES string of the molecule is CC(C)(C)C1CNc2c(Cc3ccccc3)cccc2C1. The number of anilines is 1. The zero-order chi connectivity index (χ0) is 14.9. The van der Waals surface area contributed by atoms with Gasteiger partial charge in [-0.2, -0.15) is 0 Å². The van der Waals surface area contributed by atoms with Gasteiger partial charge in [0, 0.05) is 12.2 Å². The number of benzene rings is 2. The first-order chi connectivity index (χ1) is 10.0. The molecular formula is C20H25N. The summed E-state index contributed by atoms with van der Waals surface area (Å²) >= 11 is 0. The number of nitrogens with one attached hydrogen (secondary N) is 1. The summed E-state index contributed by atoms with van der Waals surface area (Å²) in [6.07, 6.45) is 2.20. The van der Waals surface area contributed by atoms with Crippen molar-refractivity contribution in [1.29, 1.82) is 0 Å². The molecule has 0 saturated carbocycles. The predicted octanol–water partition coefficient (Wildman–Crippen LogP) is 4.91. The molecule has 0 aromatic heterocycles. The van der Waals surface area contributed by atoms with E-state index in [1.165, 1.54) is 28.8 Å². The number of hydrogen-bond acceptors (Lipinski definition) is 1. The molecule has 1 heteroatoms. The molecule has 3 rings (SSSR count). The Bertz CT molecular complexity index is 607. The van der Waals surface area contributed by atoms with Crippen LogP contribution in [0, 0.1) is 11.3 Å². The van der Waals surface area contributed by atoms with Gasteiger partial charge in [0.15, 0.2) is 0 Å². The van der Waals surface area contributed by atoms with Crippen LogP contribution in [0.25, 0.3) is 0 Å². The Labute approximate surface area is 128 Å². The Kier molecular flexibility index (Phi) is 3.75. The van der Waals surface area contributed by atoms with Crippen molar-refractivity contribution in [2.45, 2.75) is 33.6 Å². The lowest BCUT2D eigenvalue weighted by Crippen LogP contribution is -2.33. The molecule has 110 valence electrons. The van der Waals surface area contributed by atoms with Crippen LogP contribution in [0.5, 0.6) is 0 Å².